The molecule has 98 valence electrons. The van der Waals surface area contributed by atoms with Gasteiger partial charge in [0.1, 0.15) is 6.10 Å². The Balaban J connectivity index is 4.60. The molecule has 0 heterocycles. The second kappa shape index (κ2) is 7.13. The predicted octanol–water partition coefficient (Wildman–Crippen LogP) is -3.44. The van der Waals surface area contributed by atoms with Gasteiger partial charge in [-0.1, -0.05) is 0 Å². The molecule has 0 aliphatic heterocycles. The van der Waals surface area contributed by atoms with Gasteiger partial charge in [-0.2, -0.15) is 0 Å². The molecule has 0 radical (unpaired) electrons. The molecule has 0 amide bonds. The van der Waals surface area contributed by atoms with Crippen LogP contribution in [0.25, 0.3) is 0 Å². The first-order valence-corrected chi connectivity index (χ1v) is 4.98. The van der Waals surface area contributed by atoms with Gasteiger partial charge in [-0.3, -0.25) is 0 Å². The Bertz CT molecular complexity index is 175. The first-order valence-electron chi connectivity index (χ1n) is 4.98. The number of rotatable bonds is 8. The maximum atomic E-state index is 9.93. The van der Waals surface area contributed by atoms with Crippen LogP contribution in [0.1, 0.15) is 12.8 Å². The van der Waals surface area contributed by atoms with E-state index in [0.29, 0.717) is 0 Å². The predicted molar refractivity (Wildman–Crippen MR) is 53.5 cm³/mol. The molecular weight excluding hydrogens is 220 g/mol. The van der Waals surface area contributed by atoms with Crippen molar-refractivity contribution in [3.8, 4) is 0 Å². The van der Waals surface area contributed by atoms with Crippen LogP contribution in [-0.4, -0.2) is 79.5 Å². The largest absolute Gasteiger partial charge is 0.394 e. The molecule has 0 saturated heterocycles. The van der Waals surface area contributed by atoms with Gasteiger partial charge in [-0.15, -0.1) is 0 Å². The molecule has 7 nitrogen and oxygen atoms in total. The zero-order valence-electron chi connectivity index (χ0n) is 8.90. The summed E-state index contributed by atoms with van der Waals surface area (Å²) in [6.45, 7) is -1.99. The average Bonchev–Trinajstić information content (AvgIpc) is 2.27. The molecule has 0 aromatic carbocycles. The van der Waals surface area contributed by atoms with E-state index >= 15 is 0 Å². The summed E-state index contributed by atoms with van der Waals surface area (Å²) in [6.07, 6.45) is -4.96. The molecule has 0 aliphatic rings. The Morgan fingerprint density at radius 2 is 1.12 bits per heavy atom. The summed E-state index contributed by atoms with van der Waals surface area (Å²) >= 11 is 0. The Morgan fingerprint density at radius 1 is 0.750 bits per heavy atom. The monoisotopic (exact) mass is 240 g/mol. The van der Waals surface area contributed by atoms with Gasteiger partial charge < -0.3 is 35.7 Å². The van der Waals surface area contributed by atoms with Gasteiger partial charge in [0.15, 0.2) is 0 Å². The van der Waals surface area contributed by atoms with Crippen LogP contribution < -0.4 is 0 Å². The SMILES string of the molecule is OCC(O)CC(O)(CC(O)CO)C(O)CO. The zero-order valence-corrected chi connectivity index (χ0v) is 8.90. The van der Waals surface area contributed by atoms with Crippen molar-refractivity contribution in [2.24, 2.45) is 0 Å². The highest BCUT2D eigenvalue weighted by Crippen LogP contribution is 2.24. The minimum Gasteiger partial charge on any atom is -0.394 e. The van der Waals surface area contributed by atoms with Gasteiger partial charge in [0.2, 0.25) is 0 Å². The van der Waals surface area contributed by atoms with Crippen molar-refractivity contribution < 1.29 is 35.7 Å². The molecule has 0 aromatic rings. The summed E-state index contributed by atoms with van der Waals surface area (Å²) < 4.78 is 0. The fourth-order valence-corrected chi connectivity index (χ4v) is 1.47. The molecule has 0 saturated carbocycles. The number of aliphatic hydroxyl groups excluding tert-OH is 6. The van der Waals surface area contributed by atoms with Crippen LogP contribution in [0.4, 0.5) is 0 Å². The van der Waals surface area contributed by atoms with E-state index in [4.69, 9.17) is 15.3 Å². The summed E-state index contributed by atoms with van der Waals surface area (Å²) in [7, 11) is 0. The summed E-state index contributed by atoms with van der Waals surface area (Å²) in [5.74, 6) is 0. The quantitative estimate of drug-likeness (QED) is 0.234. The fraction of sp³-hybridized carbons (Fsp3) is 1.00. The van der Waals surface area contributed by atoms with Gasteiger partial charge >= 0.3 is 0 Å². The third-order valence-electron chi connectivity index (χ3n) is 2.39. The molecule has 0 fully saturated rings. The van der Waals surface area contributed by atoms with E-state index < -0.39 is 56.6 Å². The van der Waals surface area contributed by atoms with Crippen molar-refractivity contribution in [3.05, 3.63) is 0 Å². The van der Waals surface area contributed by atoms with Crippen molar-refractivity contribution in [1.29, 1.82) is 0 Å². The van der Waals surface area contributed by atoms with E-state index in [-0.39, 0.29) is 0 Å². The Kier molecular flexibility index (Phi) is 7.00. The van der Waals surface area contributed by atoms with Crippen LogP contribution in [0.2, 0.25) is 0 Å². The van der Waals surface area contributed by atoms with E-state index in [9.17, 15) is 20.4 Å². The topological polar surface area (TPSA) is 142 Å². The lowest BCUT2D eigenvalue weighted by Gasteiger charge is -2.34. The normalized spacial score (nSPS) is 21.2. The van der Waals surface area contributed by atoms with E-state index in [2.05, 4.69) is 0 Å². The summed E-state index contributed by atoms with van der Waals surface area (Å²) in [5, 5.41) is 63.7. The van der Waals surface area contributed by atoms with Crippen LogP contribution in [0.15, 0.2) is 0 Å². The summed E-state index contributed by atoms with van der Waals surface area (Å²) in [4.78, 5) is 0. The Hall–Kier alpha value is -0.280. The van der Waals surface area contributed by atoms with Crippen LogP contribution in [0.3, 0.4) is 0 Å². The molecule has 0 aliphatic carbocycles. The van der Waals surface area contributed by atoms with Gasteiger partial charge in [-0.25, -0.2) is 0 Å². The van der Waals surface area contributed by atoms with Gasteiger partial charge in [0, 0.05) is 12.8 Å². The minimum atomic E-state index is -1.96. The molecule has 0 aromatic heterocycles. The lowest BCUT2D eigenvalue weighted by Crippen LogP contribution is -2.50. The van der Waals surface area contributed by atoms with E-state index in [1.807, 2.05) is 0 Å². The second-order valence-electron chi connectivity index (χ2n) is 3.88. The van der Waals surface area contributed by atoms with E-state index in [0.717, 1.165) is 0 Å². The maximum absolute atomic E-state index is 9.93. The van der Waals surface area contributed by atoms with Crippen LogP contribution in [0, 0.1) is 0 Å². The van der Waals surface area contributed by atoms with Crippen molar-refractivity contribution in [3.63, 3.8) is 0 Å². The minimum absolute atomic E-state index is 0.414. The van der Waals surface area contributed by atoms with Crippen molar-refractivity contribution in [2.75, 3.05) is 19.8 Å². The number of hydrogen-bond acceptors (Lipinski definition) is 7. The molecular formula is C9H20O7. The molecule has 16 heavy (non-hydrogen) atoms. The Morgan fingerprint density at radius 3 is 1.38 bits per heavy atom. The standard InChI is InChI=1S/C9H20O7/c10-3-6(13)1-9(16,8(15)5-12)2-7(14)4-11/h6-8,10-16H,1-5H2. The summed E-state index contributed by atoms with van der Waals surface area (Å²) in [5.41, 5.74) is -1.96. The van der Waals surface area contributed by atoms with Gasteiger partial charge in [-0.05, 0) is 0 Å². The number of hydrogen-bond donors (Lipinski definition) is 7. The molecule has 3 atom stereocenters. The second-order valence-corrected chi connectivity index (χ2v) is 3.88. The van der Waals surface area contributed by atoms with Crippen molar-refractivity contribution >= 4 is 0 Å². The van der Waals surface area contributed by atoms with Crippen molar-refractivity contribution in [2.45, 2.75) is 36.8 Å². The van der Waals surface area contributed by atoms with E-state index in [1.165, 1.54) is 0 Å². The number of aliphatic hydroxyl groups is 7. The maximum Gasteiger partial charge on any atom is 0.106 e. The van der Waals surface area contributed by atoms with Gasteiger partial charge in [0.05, 0.1) is 37.6 Å². The average molecular weight is 240 g/mol. The van der Waals surface area contributed by atoms with Crippen LogP contribution >= 0.6 is 0 Å². The van der Waals surface area contributed by atoms with E-state index in [1.54, 1.807) is 0 Å². The highest BCUT2D eigenvalue weighted by atomic mass is 16.4. The highest BCUT2D eigenvalue weighted by molar-refractivity contribution is 4.90. The lowest BCUT2D eigenvalue weighted by atomic mass is 9.85. The van der Waals surface area contributed by atoms with Crippen LogP contribution in [0.5, 0.6) is 0 Å². The Labute approximate surface area is 93.2 Å². The molecule has 7 N–H and O–H groups in total. The van der Waals surface area contributed by atoms with Gasteiger partial charge in [0.25, 0.3) is 0 Å². The summed E-state index contributed by atoms with van der Waals surface area (Å²) in [6, 6.07) is 0. The first kappa shape index (κ1) is 15.7. The molecule has 0 bridgehead atoms. The molecule has 0 spiro atoms. The third-order valence-corrected chi connectivity index (χ3v) is 2.39. The zero-order chi connectivity index (χ0) is 12.8. The first-order chi connectivity index (χ1) is 7.39. The smallest absolute Gasteiger partial charge is 0.106 e. The van der Waals surface area contributed by atoms with Crippen molar-refractivity contribution in [1.82, 2.24) is 0 Å². The molecule has 3 unspecified atom stereocenters. The van der Waals surface area contributed by atoms with Crippen LogP contribution in [-0.2, 0) is 0 Å². The fourth-order valence-electron chi connectivity index (χ4n) is 1.47. The third kappa shape index (κ3) is 4.71. The lowest BCUT2D eigenvalue weighted by molar-refractivity contribution is -0.140. The highest BCUT2D eigenvalue weighted by Gasteiger charge is 2.38. The molecule has 0 rings (SSSR count). The molecule has 7 heteroatoms.